The molecule has 106 valence electrons. The maximum Gasteiger partial charge on any atom is 0.250 e. The number of hydrogen-bond donors (Lipinski definition) is 1. The van der Waals surface area contributed by atoms with Crippen molar-refractivity contribution in [3.8, 4) is 0 Å². The Morgan fingerprint density at radius 3 is 2.32 bits per heavy atom. The van der Waals surface area contributed by atoms with Crippen molar-refractivity contribution in [2.24, 2.45) is 18.4 Å². The van der Waals surface area contributed by atoms with E-state index in [0.717, 1.165) is 31.2 Å². The molecule has 0 aliphatic heterocycles. The topological polar surface area (TPSA) is 42.2 Å². The molecule has 0 spiro atoms. The maximum atomic E-state index is 11.4. The van der Waals surface area contributed by atoms with E-state index in [0.29, 0.717) is 11.3 Å². The van der Waals surface area contributed by atoms with Crippen molar-refractivity contribution >= 4 is 0 Å². The Balaban J connectivity index is 2.18. The minimum Gasteiger partial charge on any atom is -0.385 e. The zero-order valence-corrected chi connectivity index (χ0v) is 12.4. The molecule has 0 atom stereocenters. The first kappa shape index (κ1) is 14.3. The minimum absolute atomic E-state index is 0.0317. The second kappa shape index (κ2) is 4.78. The van der Waals surface area contributed by atoms with E-state index in [2.05, 4.69) is 20.8 Å². The van der Waals surface area contributed by atoms with Crippen LogP contribution >= 0.6 is 0 Å². The molecule has 1 aromatic heterocycles. The summed E-state index contributed by atoms with van der Waals surface area (Å²) < 4.78 is 1.54. The fourth-order valence-electron chi connectivity index (χ4n) is 3.12. The number of aryl methyl sites for hydroxylation is 1. The standard InChI is InChI=1S/C16H25NO2/c1-15(2,3)12-7-9-16(19,10-8-12)13-5-6-14(18)17(4)11-13/h5-6,11-12,19H,7-10H2,1-4H3. The van der Waals surface area contributed by atoms with E-state index in [1.54, 1.807) is 29.9 Å². The highest BCUT2D eigenvalue weighted by molar-refractivity contribution is 5.19. The third-order valence-corrected chi connectivity index (χ3v) is 4.66. The maximum absolute atomic E-state index is 11.4. The van der Waals surface area contributed by atoms with Crippen molar-refractivity contribution in [2.75, 3.05) is 0 Å². The summed E-state index contributed by atoms with van der Waals surface area (Å²) >= 11 is 0. The SMILES string of the molecule is Cn1cc(C2(O)CCC(C(C)(C)C)CC2)ccc1=O. The van der Waals surface area contributed by atoms with Gasteiger partial charge in [-0.2, -0.15) is 0 Å². The smallest absolute Gasteiger partial charge is 0.250 e. The molecule has 1 heterocycles. The van der Waals surface area contributed by atoms with Crippen molar-refractivity contribution in [3.05, 3.63) is 34.2 Å². The molecule has 3 heteroatoms. The van der Waals surface area contributed by atoms with Crippen LogP contribution in [0.15, 0.2) is 23.1 Å². The molecule has 1 aliphatic carbocycles. The Bertz CT molecular complexity index is 502. The third kappa shape index (κ3) is 2.92. The van der Waals surface area contributed by atoms with Gasteiger partial charge in [-0.3, -0.25) is 4.79 Å². The Kier molecular flexibility index (Phi) is 3.61. The van der Waals surface area contributed by atoms with Gasteiger partial charge in [0.25, 0.3) is 0 Å². The Hall–Kier alpha value is -1.09. The number of pyridine rings is 1. The van der Waals surface area contributed by atoms with Crippen LogP contribution in [0.25, 0.3) is 0 Å². The molecule has 0 saturated heterocycles. The highest BCUT2D eigenvalue weighted by Crippen LogP contribution is 2.45. The van der Waals surface area contributed by atoms with Crippen LogP contribution in [0.4, 0.5) is 0 Å². The summed E-state index contributed by atoms with van der Waals surface area (Å²) in [5, 5.41) is 10.8. The van der Waals surface area contributed by atoms with Crippen LogP contribution in [0.1, 0.15) is 52.0 Å². The number of nitrogens with zero attached hydrogens (tertiary/aromatic N) is 1. The zero-order valence-electron chi connectivity index (χ0n) is 12.4. The van der Waals surface area contributed by atoms with E-state index in [1.807, 2.05) is 0 Å². The highest BCUT2D eigenvalue weighted by Gasteiger charge is 2.38. The molecule has 0 radical (unpaired) electrons. The fraction of sp³-hybridized carbons (Fsp3) is 0.688. The average molecular weight is 263 g/mol. The van der Waals surface area contributed by atoms with Crippen molar-refractivity contribution in [3.63, 3.8) is 0 Å². The first-order valence-corrected chi connectivity index (χ1v) is 7.12. The van der Waals surface area contributed by atoms with Gasteiger partial charge in [0.15, 0.2) is 0 Å². The summed E-state index contributed by atoms with van der Waals surface area (Å²) in [7, 11) is 1.73. The van der Waals surface area contributed by atoms with E-state index in [-0.39, 0.29) is 5.56 Å². The highest BCUT2D eigenvalue weighted by atomic mass is 16.3. The van der Waals surface area contributed by atoms with Gasteiger partial charge in [-0.15, -0.1) is 0 Å². The van der Waals surface area contributed by atoms with Gasteiger partial charge in [-0.1, -0.05) is 20.8 Å². The van der Waals surface area contributed by atoms with Crippen LogP contribution < -0.4 is 5.56 Å². The summed E-state index contributed by atoms with van der Waals surface area (Å²) in [5.41, 5.74) is 0.399. The van der Waals surface area contributed by atoms with Crippen LogP contribution in [0.3, 0.4) is 0 Å². The predicted molar refractivity (Wildman–Crippen MR) is 77.0 cm³/mol. The first-order valence-electron chi connectivity index (χ1n) is 7.12. The first-order chi connectivity index (χ1) is 8.72. The van der Waals surface area contributed by atoms with Crippen molar-refractivity contribution in [1.82, 2.24) is 4.57 Å². The molecule has 0 aromatic carbocycles. The summed E-state index contributed by atoms with van der Waals surface area (Å²) in [6, 6.07) is 3.32. The molecule has 0 amide bonds. The second-order valence-electron chi connectivity index (χ2n) is 7.04. The Morgan fingerprint density at radius 1 is 1.26 bits per heavy atom. The minimum atomic E-state index is -0.757. The monoisotopic (exact) mass is 263 g/mol. The number of hydrogen-bond acceptors (Lipinski definition) is 2. The second-order valence-corrected chi connectivity index (χ2v) is 7.04. The molecule has 3 nitrogen and oxygen atoms in total. The van der Waals surface area contributed by atoms with Gasteiger partial charge in [0.1, 0.15) is 0 Å². The molecule has 1 saturated carbocycles. The lowest BCUT2D eigenvalue weighted by atomic mass is 9.67. The summed E-state index contributed by atoms with van der Waals surface area (Å²) in [6.45, 7) is 6.82. The zero-order chi connectivity index (χ0) is 14.3. The van der Waals surface area contributed by atoms with E-state index in [9.17, 15) is 9.90 Å². The molecule has 1 aromatic rings. The van der Waals surface area contributed by atoms with Gasteiger partial charge in [0.05, 0.1) is 5.60 Å². The van der Waals surface area contributed by atoms with Crippen molar-refractivity contribution in [1.29, 1.82) is 0 Å². The van der Waals surface area contributed by atoms with Gasteiger partial charge >= 0.3 is 0 Å². The van der Waals surface area contributed by atoms with Crippen LogP contribution in [0.2, 0.25) is 0 Å². The molecule has 0 unspecified atom stereocenters. The number of aromatic nitrogens is 1. The average Bonchev–Trinajstić information content (AvgIpc) is 2.32. The normalized spacial score (nSPS) is 28.4. The molecule has 1 N–H and O–H groups in total. The van der Waals surface area contributed by atoms with Crippen LogP contribution in [0.5, 0.6) is 0 Å². The van der Waals surface area contributed by atoms with Crippen LogP contribution in [-0.4, -0.2) is 9.67 Å². The molecule has 2 rings (SSSR count). The molecule has 1 aliphatic rings. The number of aliphatic hydroxyl groups is 1. The van der Waals surface area contributed by atoms with Crippen molar-refractivity contribution in [2.45, 2.75) is 52.1 Å². The van der Waals surface area contributed by atoms with Gasteiger partial charge in [0, 0.05) is 24.9 Å². The lowest BCUT2D eigenvalue weighted by Crippen LogP contribution is -2.36. The summed E-state index contributed by atoms with van der Waals surface area (Å²) in [6.07, 6.45) is 5.44. The van der Waals surface area contributed by atoms with E-state index >= 15 is 0 Å². The van der Waals surface area contributed by atoms with Gasteiger partial charge < -0.3 is 9.67 Å². The van der Waals surface area contributed by atoms with Gasteiger partial charge in [-0.05, 0) is 43.1 Å². The lowest BCUT2D eigenvalue weighted by molar-refractivity contribution is -0.0302. The molecule has 0 bridgehead atoms. The summed E-state index contributed by atoms with van der Waals surface area (Å²) in [4.78, 5) is 11.4. The lowest BCUT2D eigenvalue weighted by Gasteiger charge is -2.41. The van der Waals surface area contributed by atoms with E-state index in [1.165, 1.54) is 0 Å². The van der Waals surface area contributed by atoms with Gasteiger partial charge in [0.2, 0.25) is 5.56 Å². The van der Waals surface area contributed by atoms with Crippen molar-refractivity contribution < 1.29 is 5.11 Å². The predicted octanol–water partition coefficient (Wildman–Crippen LogP) is 2.81. The molecular formula is C16H25NO2. The Morgan fingerprint density at radius 2 is 1.84 bits per heavy atom. The molecule has 19 heavy (non-hydrogen) atoms. The fourth-order valence-corrected chi connectivity index (χ4v) is 3.12. The number of rotatable bonds is 1. The third-order valence-electron chi connectivity index (χ3n) is 4.66. The summed E-state index contributed by atoms with van der Waals surface area (Å²) in [5.74, 6) is 0.667. The van der Waals surface area contributed by atoms with Crippen LogP contribution in [0, 0.1) is 11.3 Å². The Labute approximate surface area is 115 Å². The molecular weight excluding hydrogens is 238 g/mol. The van der Waals surface area contributed by atoms with E-state index in [4.69, 9.17) is 0 Å². The van der Waals surface area contributed by atoms with Crippen LogP contribution in [-0.2, 0) is 12.6 Å². The molecule has 1 fully saturated rings. The van der Waals surface area contributed by atoms with E-state index < -0.39 is 5.60 Å². The van der Waals surface area contributed by atoms with Gasteiger partial charge in [-0.25, -0.2) is 0 Å². The largest absolute Gasteiger partial charge is 0.385 e. The quantitative estimate of drug-likeness (QED) is 0.846.